The van der Waals surface area contributed by atoms with Crippen LogP contribution in [-0.2, 0) is 4.79 Å². The third kappa shape index (κ3) is 2.54. The molecule has 0 saturated heterocycles. The lowest BCUT2D eigenvalue weighted by Crippen LogP contribution is -2.38. The van der Waals surface area contributed by atoms with Crippen molar-refractivity contribution in [2.45, 2.75) is 32.6 Å². The standard InChI is InChI=1S/C19H19N3O3/c1-19(2)8-11-14(12(23)9-19)13(10-6-4-3-5-7-10)15-16(20-11)21-18(25)22-17(15)24/h3-7,13H,8-9H2,1-2H3,(H3,20,21,22,24,25)/t13-/m1/s1. The number of ketones is 1. The maximum absolute atomic E-state index is 12.9. The number of hydrogen-bond donors (Lipinski definition) is 3. The average molecular weight is 337 g/mol. The van der Waals surface area contributed by atoms with Crippen LogP contribution >= 0.6 is 0 Å². The highest BCUT2D eigenvalue weighted by Crippen LogP contribution is 2.47. The summed E-state index contributed by atoms with van der Waals surface area (Å²) in [7, 11) is 0. The molecule has 0 fully saturated rings. The molecule has 0 unspecified atom stereocenters. The molecule has 1 aliphatic heterocycles. The van der Waals surface area contributed by atoms with Crippen molar-refractivity contribution in [1.29, 1.82) is 0 Å². The van der Waals surface area contributed by atoms with Gasteiger partial charge in [-0.15, -0.1) is 0 Å². The summed E-state index contributed by atoms with van der Waals surface area (Å²) in [6.07, 6.45) is 1.12. The minimum Gasteiger partial charge on any atom is -0.344 e. The number of fused-ring (bicyclic) bond motifs is 1. The van der Waals surface area contributed by atoms with Crippen molar-refractivity contribution in [3.8, 4) is 0 Å². The van der Waals surface area contributed by atoms with Crippen LogP contribution in [0.2, 0.25) is 0 Å². The lowest BCUT2D eigenvalue weighted by atomic mass is 9.69. The average Bonchev–Trinajstić information content (AvgIpc) is 2.52. The molecule has 0 bridgehead atoms. The Morgan fingerprint density at radius 2 is 1.72 bits per heavy atom. The fraction of sp³-hybridized carbons (Fsp3) is 0.316. The van der Waals surface area contributed by atoms with Gasteiger partial charge in [0.15, 0.2) is 5.78 Å². The van der Waals surface area contributed by atoms with Crippen molar-refractivity contribution >= 4 is 11.6 Å². The highest BCUT2D eigenvalue weighted by Gasteiger charge is 2.41. The van der Waals surface area contributed by atoms with Crippen LogP contribution in [0, 0.1) is 5.41 Å². The Balaban J connectivity index is 2.01. The van der Waals surface area contributed by atoms with Crippen LogP contribution < -0.4 is 16.6 Å². The summed E-state index contributed by atoms with van der Waals surface area (Å²) in [5.41, 5.74) is 1.49. The van der Waals surface area contributed by atoms with Crippen molar-refractivity contribution in [2.24, 2.45) is 5.41 Å². The van der Waals surface area contributed by atoms with Crippen molar-refractivity contribution in [3.05, 3.63) is 73.6 Å². The molecule has 25 heavy (non-hydrogen) atoms. The van der Waals surface area contributed by atoms with E-state index in [9.17, 15) is 14.4 Å². The number of carbonyl (C=O) groups is 1. The quantitative estimate of drug-likeness (QED) is 0.744. The van der Waals surface area contributed by atoms with E-state index < -0.39 is 17.2 Å². The zero-order valence-corrected chi connectivity index (χ0v) is 14.1. The number of carbonyl (C=O) groups excluding carboxylic acids is 1. The van der Waals surface area contributed by atoms with Gasteiger partial charge in [0.1, 0.15) is 5.82 Å². The van der Waals surface area contributed by atoms with Gasteiger partial charge in [0, 0.05) is 23.6 Å². The number of nitrogens with one attached hydrogen (secondary N) is 3. The molecule has 2 aromatic rings. The smallest absolute Gasteiger partial charge is 0.327 e. The number of benzene rings is 1. The lowest BCUT2D eigenvalue weighted by Gasteiger charge is -2.38. The fourth-order valence-corrected chi connectivity index (χ4v) is 3.93. The molecule has 1 aromatic heterocycles. The molecule has 0 saturated carbocycles. The molecule has 128 valence electrons. The van der Waals surface area contributed by atoms with Gasteiger partial charge < -0.3 is 5.32 Å². The van der Waals surface area contributed by atoms with Gasteiger partial charge in [0.2, 0.25) is 0 Å². The second kappa shape index (κ2) is 5.31. The Kier molecular flexibility index (Phi) is 3.32. The number of Topliss-reactive ketones (excluding diaryl/α,β-unsaturated/α-hetero) is 1. The second-order valence-electron chi connectivity index (χ2n) is 7.50. The van der Waals surface area contributed by atoms with Gasteiger partial charge in [-0.25, -0.2) is 4.79 Å². The van der Waals surface area contributed by atoms with Gasteiger partial charge >= 0.3 is 5.69 Å². The predicted molar refractivity (Wildman–Crippen MR) is 94.6 cm³/mol. The Labute approximate surface area is 144 Å². The minimum absolute atomic E-state index is 0.0452. The Morgan fingerprint density at radius 3 is 2.44 bits per heavy atom. The van der Waals surface area contributed by atoms with Crippen LogP contribution in [-0.4, -0.2) is 15.8 Å². The van der Waals surface area contributed by atoms with E-state index in [-0.39, 0.29) is 11.2 Å². The maximum Gasteiger partial charge on any atom is 0.327 e. The van der Waals surface area contributed by atoms with Gasteiger partial charge in [-0.05, 0) is 17.4 Å². The number of allylic oxidation sites excluding steroid dienone is 2. The minimum atomic E-state index is -0.562. The Morgan fingerprint density at radius 1 is 1.00 bits per heavy atom. The number of anilines is 1. The van der Waals surface area contributed by atoms with E-state index in [1.54, 1.807) is 0 Å². The summed E-state index contributed by atoms with van der Waals surface area (Å²) in [4.78, 5) is 42.1. The van der Waals surface area contributed by atoms with E-state index in [0.717, 1.165) is 11.3 Å². The molecule has 6 nitrogen and oxygen atoms in total. The first-order chi connectivity index (χ1) is 11.9. The molecule has 4 rings (SSSR count). The molecule has 0 amide bonds. The third-order valence-electron chi connectivity index (χ3n) is 4.89. The molecule has 6 heteroatoms. The number of aromatic amines is 2. The van der Waals surface area contributed by atoms with Gasteiger partial charge in [-0.3, -0.25) is 19.6 Å². The molecule has 1 aromatic carbocycles. The summed E-state index contributed by atoms with van der Waals surface area (Å²) in [6, 6.07) is 9.47. The van der Waals surface area contributed by atoms with Gasteiger partial charge in [0.25, 0.3) is 5.56 Å². The summed E-state index contributed by atoms with van der Waals surface area (Å²) < 4.78 is 0. The first-order valence-electron chi connectivity index (χ1n) is 8.30. The van der Waals surface area contributed by atoms with E-state index in [1.807, 2.05) is 44.2 Å². The largest absolute Gasteiger partial charge is 0.344 e. The van der Waals surface area contributed by atoms with E-state index in [1.165, 1.54) is 0 Å². The van der Waals surface area contributed by atoms with Crippen molar-refractivity contribution in [1.82, 2.24) is 9.97 Å². The van der Waals surface area contributed by atoms with E-state index in [2.05, 4.69) is 15.3 Å². The number of H-pyrrole nitrogens is 2. The number of hydrogen-bond acceptors (Lipinski definition) is 4. The monoisotopic (exact) mass is 337 g/mol. The summed E-state index contributed by atoms with van der Waals surface area (Å²) >= 11 is 0. The lowest BCUT2D eigenvalue weighted by molar-refractivity contribution is -0.118. The molecule has 3 N–H and O–H groups in total. The van der Waals surface area contributed by atoms with Crippen molar-refractivity contribution in [2.75, 3.05) is 5.32 Å². The molecule has 1 aliphatic carbocycles. The predicted octanol–water partition coefficient (Wildman–Crippen LogP) is 2.26. The van der Waals surface area contributed by atoms with E-state index in [4.69, 9.17) is 0 Å². The number of aromatic nitrogens is 2. The summed E-state index contributed by atoms with van der Waals surface area (Å²) in [6.45, 7) is 4.09. The first-order valence-corrected chi connectivity index (χ1v) is 8.30. The fourth-order valence-electron chi connectivity index (χ4n) is 3.93. The normalized spacial score (nSPS) is 21.4. The zero-order chi connectivity index (χ0) is 17.8. The number of rotatable bonds is 1. The van der Waals surface area contributed by atoms with Crippen LogP contribution in [0.5, 0.6) is 0 Å². The second-order valence-corrected chi connectivity index (χ2v) is 7.50. The Hall–Kier alpha value is -2.89. The van der Waals surface area contributed by atoms with Crippen LogP contribution in [0.25, 0.3) is 0 Å². The SMILES string of the molecule is CC1(C)CC(=O)C2=C(C1)Nc1[nH]c(=O)[nH]c(=O)c1[C@@H]2c1ccccc1. The van der Waals surface area contributed by atoms with Crippen molar-refractivity contribution in [3.63, 3.8) is 0 Å². The zero-order valence-electron chi connectivity index (χ0n) is 14.1. The van der Waals surface area contributed by atoms with Gasteiger partial charge in [-0.1, -0.05) is 44.2 Å². The molecule has 0 spiro atoms. The Bertz CT molecular complexity index is 1010. The van der Waals surface area contributed by atoms with Gasteiger partial charge in [-0.2, -0.15) is 0 Å². The van der Waals surface area contributed by atoms with Crippen LogP contribution in [0.4, 0.5) is 5.82 Å². The van der Waals surface area contributed by atoms with Crippen LogP contribution in [0.1, 0.15) is 43.7 Å². The first kappa shape index (κ1) is 15.6. The molecular weight excluding hydrogens is 318 g/mol. The highest BCUT2D eigenvalue weighted by atomic mass is 16.2. The molecule has 0 radical (unpaired) electrons. The summed E-state index contributed by atoms with van der Waals surface area (Å²) in [5.74, 6) is -0.0487. The van der Waals surface area contributed by atoms with Gasteiger partial charge in [0.05, 0.1) is 5.56 Å². The van der Waals surface area contributed by atoms with E-state index >= 15 is 0 Å². The van der Waals surface area contributed by atoms with Crippen molar-refractivity contribution < 1.29 is 4.79 Å². The maximum atomic E-state index is 12.9. The molecule has 2 aliphatic rings. The molecule has 1 atom stereocenters. The summed E-state index contributed by atoms with van der Waals surface area (Å²) in [5, 5.41) is 3.15. The molecule has 2 heterocycles. The van der Waals surface area contributed by atoms with E-state index in [0.29, 0.717) is 29.8 Å². The molecular formula is C19H19N3O3. The topological polar surface area (TPSA) is 94.8 Å². The highest BCUT2D eigenvalue weighted by molar-refractivity contribution is 6.01. The van der Waals surface area contributed by atoms with Crippen LogP contribution in [0.3, 0.4) is 0 Å². The third-order valence-corrected chi connectivity index (χ3v) is 4.89. The van der Waals surface area contributed by atoms with Crippen LogP contribution in [0.15, 0.2) is 51.2 Å².